The minimum Gasteiger partial charge on any atom is -0.309 e. The van der Waals surface area contributed by atoms with Gasteiger partial charge in [-0.15, -0.1) is 0 Å². The molecule has 3 nitrogen and oxygen atoms in total. The van der Waals surface area contributed by atoms with E-state index in [0.29, 0.717) is 0 Å². The van der Waals surface area contributed by atoms with E-state index in [1.54, 1.807) is 0 Å². The highest BCUT2D eigenvalue weighted by Gasteiger charge is 2.21. The Labute approximate surface area is 300 Å². The zero-order valence-corrected chi connectivity index (χ0v) is 28.7. The number of para-hydroxylation sites is 6. The third-order valence-electron chi connectivity index (χ3n) is 11.0. The third kappa shape index (κ3) is 4.02. The van der Waals surface area contributed by atoms with Crippen LogP contribution < -0.4 is 0 Å². The van der Waals surface area contributed by atoms with Crippen molar-refractivity contribution in [1.29, 1.82) is 0 Å². The lowest BCUT2D eigenvalue weighted by molar-refractivity contribution is 1.16. The largest absolute Gasteiger partial charge is 0.309 e. The summed E-state index contributed by atoms with van der Waals surface area (Å²) in [7, 11) is 0. The van der Waals surface area contributed by atoms with Gasteiger partial charge in [-0.3, -0.25) is 0 Å². The van der Waals surface area contributed by atoms with Crippen LogP contribution in [0.1, 0.15) is 5.56 Å². The van der Waals surface area contributed by atoms with Crippen molar-refractivity contribution in [3.05, 3.63) is 188 Å². The molecule has 0 atom stereocenters. The van der Waals surface area contributed by atoms with E-state index in [4.69, 9.17) is 0 Å². The van der Waals surface area contributed by atoms with Crippen LogP contribution in [-0.2, 0) is 0 Å². The van der Waals surface area contributed by atoms with E-state index in [2.05, 4.69) is 203 Å². The molecule has 0 N–H and O–H groups in total. The Morgan fingerprint density at radius 1 is 0.327 bits per heavy atom. The number of benzene rings is 8. The lowest BCUT2D eigenvalue weighted by Gasteiger charge is -2.17. The SMILES string of the molecule is Cc1cc(-n2c3ccccc3c3c2ccc2c4ccccc4n(-c4ccccc4)c23)ccc1-c1ccccc1-n1c2ccccc2c2ccccc21. The van der Waals surface area contributed by atoms with Gasteiger partial charge in [0.15, 0.2) is 0 Å². The first-order valence-electron chi connectivity index (χ1n) is 18.0. The molecule has 11 rings (SSSR count). The number of aromatic nitrogens is 3. The number of aryl methyl sites for hydroxylation is 1. The number of rotatable bonds is 4. The average Bonchev–Trinajstić information content (AvgIpc) is 3.84. The molecule has 0 fully saturated rings. The van der Waals surface area contributed by atoms with Crippen molar-refractivity contribution in [3.63, 3.8) is 0 Å². The minimum atomic E-state index is 1.16. The molecule has 0 aliphatic rings. The van der Waals surface area contributed by atoms with Crippen molar-refractivity contribution in [2.24, 2.45) is 0 Å². The van der Waals surface area contributed by atoms with Gasteiger partial charge in [-0.1, -0.05) is 121 Å². The molecule has 11 aromatic rings. The zero-order chi connectivity index (χ0) is 34.3. The molecule has 52 heavy (non-hydrogen) atoms. The molecule has 0 saturated carbocycles. The van der Waals surface area contributed by atoms with E-state index in [0.717, 1.165) is 5.69 Å². The summed E-state index contributed by atoms with van der Waals surface area (Å²) >= 11 is 0. The van der Waals surface area contributed by atoms with E-state index in [1.165, 1.54) is 93.5 Å². The van der Waals surface area contributed by atoms with Crippen LogP contribution in [0.5, 0.6) is 0 Å². The Morgan fingerprint density at radius 2 is 0.865 bits per heavy atom. The van der Waals surface area contributed by atoms with Gasteiger partial charge in [0.25, 0.3) is 0 Å². The highest BCUT2D eigenvalue weighted by molar-refractivity contribution is 6.26. The third-order valence-corrected chi connectivity index (χ3v) is 11.0. The average molecular weight is 664 g/mol. The molecule has 0 amide bonds. The highest BCUT2D eigenvalue weighted by Crippen LogP contribution is 2.43. The Kier molecular flexibility index (Phi) is 6.17. The summed E-state index contributed by atoms with van der Waals surface area (Å²) in [6, 6.07) is 66.3. The van der Waals surface area contributed by atoms with E-state index in [-0.39, 0.29) is 0 Å². The number of nitrogens with zero attached hydrogens (tertiary/aromatic N) is 3. The van der Waals surface area contributed by atoms with Crippen molar-refractivity contribution in [2.75, 3.05) is 0 Å². The van der Waals surface area contributed by atoms with Gasteiger partial charge in [0.1, 0.15) is 0 Å². The standard InChI is InChI=1S/C49H33N3/c1-32-31-34(27-28-35(32)36-17-5-11-23-43(36)52-44-24-12-6-18-37(44)38-19-7-13-25-45(38)52)50-46-26-14-9-21-41(46)48-47(50)30-29-40-39-20-8-10-22-42(39)51(49(40)48)33-15-3-2-4-16-33/h2-31H,1H3. The topological polar surface area (TPSA) is 14.8 Å². The molecule has 3 aromatic heterocycles. The fraction of sp³-hybridized carbons (Fsp3) is 0.0204. The molecule has 0 saturated heterocycles. The Balaban J connectivity index is 1.15. The van der Waals surface area contributed by atoms with Gasteiger partial charge < -0.3 is 13.7 Å². The number of hydrogen-bond donors (Lipinski definition) is 0. The molecule has 0 radical (unpaired) electrons. The molecular weight excluding hydrogens is 631 g/mol. The predicted molar refractivity (Wildman–Crippen MR) is 220 cm³/mol. The maximum Gasteiger partial charge on any atom is 0.0641 e. The van der Waals surface area contributed by atoms with E-state index in [9.17, 15) is 0 Å². The monoisotopic (exact) mass is 663 g/mol. The summed E-state index contributed by atoms with van der Waals surface area (Å²) in [5.74, 6) is 0. The smallest absolute Gasteiger partial charge is 0.0641 e. The van der Waals surface area contributed by atoms with Crippen LogP contribution >= 0.6 is 0 Å². The Hall–Kier alpha value is -6.84. The second kappa shape index (κ2) is 11.1. The van der Waals surface area contributed by atoms with Gasteiger partial charge in [0.2, 0.25) is 0 Å². The van der Waals surface area contributed by atoms with Crippen LogP contribution in [0, 0.1) is 6.92 Å². The van der Waals surface area contributed by atoms with Crippen molar-refractivity contribution in [1.82, 2.24) is 13.7 Å². The summed E-state index contributed by atoms with van der Waals surface area (Å²) in [6.07, 6.45) is 0. The van der Waals surface area contributed by atoms with Gasteiger partial charge in [-0.2, -0.15) is 0 Å². The van der Waals surface area contributed by atoms with Gasteiger partial charge in [-0.25, -0.2) is 0 Å². The maximum absolute atomic E-state index is 2.45. The molecule has 0 aliphatic heterocycles. The second-order valence-corrected chi connectivity index (χ2v) is 13.8. The molecule has 0 aliphatic carbocycles. The zero-order valence-electron chi connectivity index (χ0n) is 28.7. The van der Waals surface area contributed by atoms with Gasteiger partial charge in [0, 0.05) is 49.3 Å². The minimum absolute atomic E-state index is 1.16. The normalized spacial score (nSPS) is 11.9. The summed E-state index contributed by atoms with van der Waals surface area (Å²) < 4.78 is 7.33. The molecule has 0 spiro atoms. The lowest BCUT2D eigenvalue weighted by atomic mass is 9.98. The van der Waals surface area contributed by atoms with Gasteiger partial charge >= 0.3 is 0 Å². The first-order valence-corrected chi connectivity index (χ1v) is 18.0. The van der Waals surface area contributed by atoms with Crippen LogP contribution in [0.4, 0.5) is 0 Å². The van der Waals surface area contributed by atoms with Crippen molar-refractivity contribution in [3.8, 4) is 28.2 Å². The number of fused-ring (bicyclic) bond motifs is 10. The van der Waals surface area contributed by atoms with E-state index >= 15 is 0 Å². The lowest BCUT2D eigenvalue weighted by Crippen LogP contribution is -1.99. The second-order valence-electron chi connectivity index (χ2n) is 13.8. The van der Waals surface area contributed by atoms with Crippen LogP contribution in [0.15, 0.2) is 182 Å². The Morgan fingerprint density at radius 3 is 1.54 bits per heavy atom. The molecule has 3 heterocycles. The molecule has 244 valence electrons. The maximum atomic E-state index is 2.45. The van der Waals surface area contributed by atoms with Crippen molar-refractivity contribution < 1.29 is 0 Å². The van der Waals surface area contributed by atoms with Crippen LogP contribution in [0.25, 0.3) is 93.6 Å². The molecule has 3 heteroatoms. The van der Waals surface area contributed by atoms with Crippen LogP contribution in [0.2, 0.25) is 0 Å². The fourth-order valence-corrected chi connectivity index (χ4v) is 8.80. The summed E-state index contributed by atoms with van der Waals surface area (Å²) in [6.45, 7) is 2.25. The van der Waals surface area contributed by atoms with Crippen molar-refractivity contribution in [2.45, 2.75) is 6.92 Å². The van der Waals surface area contributed by atoms with E-state index in [1.807, 2.05) is 0 Å². The fourth-order valence-electron chi connectivity index (χ4n) is 8.80. The molecular formula is C49H33N3. The first-order chi connectivity index (χ1) is 25.8. The molecule has 0 unspecified atom stereocenters. The first kappa shape index (κ1) is 28.9. The van der Waals surface area contributed by atoms with Crippen LogP contribution in [0.3, 0.4) is 0 Å². The van der Waals surface area contributed by atoms with Crippen LogP contribution in [-0.4, -0.2) is 13.7 Å². The summed E-state index contributed by atoms with van der Waals surface area (Å²) in [5.41, 5.74) is 14.5. The quantitative estimate of drug-likeness (QED) is 0.178. The summed E-state index contributed by atoms with van der Waals surface area (Å²) in [5, 5.41) is 7.59. The number of hydrogen-bond acceptors (Lipinski definition) is 0. The van der Waals surface area contributed by atoms with Gasteiger partial charge in [0.05, 0.1) is 38.8 Å². The molecule has 0 bridgehead atoms. The molecule has 8 aromatic carbocycles. The van der Waals surface area contributed by atoms with E-state index < -0.39 is 0 Å². The Bertz CT molecular complexity index is 3140. The van der Waals surface area contributed by atoms with Gasteiger partial charge in [-0.05, 0) is 78.7 Å². The highest BCUT2D eigenvalue weighted by atomic mass is 15.0. The predicted octanol–water partition coefficient (Wildman–Crippen LogP) is 13.0. The van der Waals surface area contributed by atoms with Crippen molar-refractivity contribution >= 4 is 65.4 Å². The summed E-state index contributed by atoms with van der Waals surface area (Å²) in [4.78, 5) is 0.